The van der Waals surface area contributed by atoms with Crippen LogP contribution in [0.2, 0.25) is 0 Å². The van der Waals surface area contributed by atoms with Crippen molar-refractivity contribution in [3.63, 3.8) is 0 Å². The summed E-state index contributed by atoms with van der Waals surface area (Å²) < 4.78 is 26.8. The van der Waals surface area contributed by atoms with Crippen LogP contribution in [0.3, 0.4) is 0 Å². The lowest BCUT2D eigenvalue weighted by Gasteiger charge is -2.28. The number of morpholine rings is 1. The van der Waals surface area contributed by atoms with E-state index < -0.39 is 5.82 Å². The normalized spacial score (nSPS) is 14.3. The minimum Gasteiger partial charge on any atom is -0.493 e. The summed E-state index contributed by atoms with van der Waals surface area (Å²) in [6.07, 6.45) is 1.46. The van der Waals surface area contributed by atoms with E-state index in [4.69, 9.17) is 20.5 Å². The molecule has 0 amide bonds. The third kappa shape index (κ3) is 2.88. The molecule has 0 saturated carbocycles. The third-order valence-corrected chi connectivity index (χ3v) is 4.34. The predicted molar refractivity (Wildman–Crippen MR) is 94.9 cm³/mol. The van der Waals surface area contributed by atoms with Gasteiger partial charge in [0, 0.05) is 19.2 Å². The Bertz CT molecular complexity index is 1050. The number of hydrogen-bond acceptors (Lipinski definition) is 8. The number of nitrogens with zero attached hydrogens (tertiary/aromatic N) is 6. The van der Waals surface area contributed by atoms with Gasteiger partial charge in [-0.3, -0.25) is 0 Å². The number of methoxy groups -OCH3 is 1. The van der Waals surface area contributed by atoms with Crippen molar-refractivity contribution in [1.82, 2.24) is 19.6 Å². The number of fused-ring (bicyclic) bond motifs is 1. The molecule has 27 heavy (non-hydrogen) atoms. The number of imidazole rings is 1. The molecule has 10 heteroatoms. The summed E-state index contributed by atoms with van der Waals surface area (Å²) in [5, 5.41) is 13.6. The van der Waals surface area contributed by atoms with Crippen LogP contribution in [0.5, 0.6) is 5.75 Å². The summed E-state index contributed by atoms with van der Waals surface area (Å²) in [6.45, 7) is 2.49. The monoisotopic (exact) mass is 369 g/mol. The van der Waals surface area contributed by atoms with Gasteiger partial charge in [-0.1, -0.05) is 0 Å². The van der Waals surface area contributed by atoms with E-state index in [0.717, 1.165) is 6.07 Å². The van der Waals surface area contributed by atoms with Crippen LogP contribution in [-0.2, 0) is 4.74 Å². The van der Waals surface area contributed by atoms with Crippen molar-refractivity contribution in [3.05, 3.63) is 29.7 Å². The Kier molecular flexibility index (Phi) is 4.21. The van der Waals surface area contributed by atoms with Crippen LogP contribution in [0.4, 0.5) is 16.0 Å². The van der Waals surface area contributed by atoms with Crippen molar-refractivity contribution in [2.75, 3.05) is 44.0 Å². The third-order valence-electron chi connectivity index (χ3n) is 4.34. The number of hydrogen-bond donors (Lipinski definition) is 1. The van der Waals surface area contributed by atoms with Crippen molar-refractivity contribution in [2.24, 2.45) is 0 Å². The fraction of sp³-hybridized carbons (Fsp3) is 0.294. The highest BCUT2D eigenvalue weighted by Gasteiger charge is 2.22. The highest BCUT2D eigenvalue weighted by atomic mass is 19.1. The molecule has 1 aliphatic heterocycles. The van der Waals surface area contributed by atoms with Gasteiger partial charge in [-0.25, -0.2) is 18.9 Å². The van der Waals surface area contributed by atoms with E-state index in [9.17, 15) is 4.39 Å². The number of anilines is 2. The first-order valence-electron chi connectivity index (χ1n) is 8.24. The van der Waals surface area contributed by atoms with Gasteiger partial charge in [0.05, 0.1) is 32.1 Å². The molecule has 1 aliphatic rings. The Morgan fingerprint density at radius 1 is 1.33 bits per heavy atom. The molecule has 4 rings (SSSR count). The quantitative estimate of drug-likeness (QED) is 0.733. The predicted octanol–water partition coefficient (Wildman–Crippen LogP) is 1.23. The van der Waals surface area contributed by atoms with E-state index in [-0.39, 0.29) is 17.1 Å². The standard InChI is InChI=1S/C17H16FN7O2/c1-26-13-7-14-21-9-12(15-11(18)6-10(8-19)16(20)22-15)25(14)23-17(13)24-2-4-27-5-3-24/h6-7,9H,2-5H2,1H3,(H2,20,22). The van der Waals surface area contributed by atoms with Crippen molar-refractivity contribution >= 4 is 17.3 Å². The van der Waals surface area contributed by atoms with Gasteiger partial charge >= 0.3 is 0 Å². The van der Waals surface area contributed by atoms with Crippen LogP contribution in [0, 0.1) is 17.1 Å². The maximum Gasteiger partial charge on any atom is 0.192 e. The number of halogens is 1. The van der Waals surface area contributed by atoms with Gasteiger partial charge in [-0.15, -0.1) is 5.10 Å². The lowest BCUT2D eigenvalue weighted by Crippen LogP contribution is -2.37. The highest BCUT2D eigenvalue weighted by Crippen LogP contribution is 2.30. The van der Waals surface area contributed by atoms with Crippen LogP contribution in [0.15, 0.2) is 18.3 Å². The van der Waals surface area contributed by atoms with E-state index in [1.807, 2.05) is 11.0 Å². The first-order valence-corrected chi connectivity index (χ1v) is 8.24. The fourth-order valence-electron chi connectivity index (χ4n) is 2.97. The summed E-state index contributed by atoms with van der Waals surface area (Å²) in [6, 6.07) is 4.60. The summed E-state index contributed by atoms with van der Waals surface area (Å²) in [4.78, 5) is 10.3. The zero-order valence-electron chi connectivity index (χ0n) is 14.5. The number of nitriles is 1. The molecule has 0 atom stereocenters. The van der Waals surface area contributed by atoms with Crippen LogP contribution < -0.4 is 15.4 Å². The van der Waals surface area contributed by atoms with Gasteiger partial charge in [0.1, 0.15) is 23.3 Å². The molecular formula is C17H16FN7O2. The smallest absolute Gasteiger partial charge is 0.192 e. The molecule has 4 heterocycles. The second kappa shape index (κ2) is 6.69. The Morgan fingerprint density at radius 3 is 2.81 bits per heavy atom. The Morgan fingerprint density at radius 2 is 2.11 bits per heavy atom. The van der Waals surface area contributed by atoms with E-state index >= 15 is 0 Å². The average Bonchev–Trinajstić information content (AvgIpc) is 3.11. The molecule has 0 unspecified atom stereocenters. The molecule has 0 aromatic carbocycles. The van der Waals surface area contributed by atoms with E-state index in [2.05, 4.69) is 15.1 Å². The molecule has 138 valence electrons. The minimum atomic E-state index is -0.673. The zero-order chi connectivity index (χ0) is 19.0. The second-order valence-electron chi connectivity index (χ2n) is 5.91. The number of nitrogen functional groups attached to an aromatic ring is 1. The molecule has 3 aromatic heterocycles. The molecule has 3 aromatic rings. The van der Waals surface area contributed by atoms with Crippen molar-refractivity contribution < 1.29 is 13.9 Å². The van der Waals surface area contributed by atoms with Crippen LogP contribution in [-0.4, -0.2) is 53.0 Å². The maximum absolute atomic E-state index is 14.5. The molecular weight excluding hydrogens is 353 g/mol. The maximum atomic E-state index is 14.5. The Labute approximate surface area is 153 Å². The van der Waals surface area contributed by atoms with Gasteiger partial charge < -0.3 is 20.1 Å². The fourth-order valence-corrected chi connectivity index (χ4v) is 2.97. The van der Waals surface area contributed by atoms with Gasteiger partial charge in [0.25, 0.3) is 0 Å². The van der Waals surface area contributed by atoms with Crippen LogP contribution in [0.1, 0.15) is 5.56 Å². The molecule has 0 radical (unpaired) electrons. The van der Waals surface area contributed by atoms with Gasteiger partial charge in [-0.2, -0.15) is 5.26 Å². The number of aromatic nitrogens is 4. The molecule has 0 spiro atoms. The molecule has 2 N–H and O–H groups in total. The van der Waals surface area contributed by atoms with Gasteiger partial charge in [0.15, 0.2) is 23.0 Å². The van der Waals surface area contributed by atoms with Gasteiger partial charge in [0.2, 0.25) is 0 Å². The molecule has 0 bridgehead atoms. The van der Waals surface area contributed by atoms with E-state index in [0.29, 0.717) is 49.2 Å². The number of pyridine rings is 1. The topological polar surface area (TPSA) is 115 Å². The number of nitrogens with two attached hydrogens (primary N) is 1. The first kappa shape index (κ1) is 17.0. The summed E-state index contributed by atoms with van der Waals surface area (Å²) in [5.41, 5.74) is 6.51. The average molecular weight is 369 g/mol. The second-order valence-corrected chi connectivity index (χ2v) is 5.91. The summed E-state index contributed by atoms with van der Waals surface area (Å²) >= 11 is 0. The first-order chi connectivity index (χ1) is 13.1. The molecule has 0 aliphatic carbocycles. The minimum absolute atomic E-state index is 0.0197. The van der Waals surface area contributed by atoms with Crippen molar-refractivity contribution in [1.29, 1.82) is 5.26 Å². The Hall–Kier alpha value is -3.45. The van der Waals surface area contributed by atoms with Crippen LogP contribution >= 0.6 is 0 Å². The number of rotatable bonds is 3. The zero-order valence-corrected chi connectivity index (χ0v) is 14.5. The number of ether oxygens (including phenoxy) is 2. The highest BCUT2D eigenvalue weighted by molar-refractivity contribution is 5.67. The van der Waals surface area contributed by atoms with Gasteiger partial charge in [-0.05, 0) is 6.07 Å². The lowest BCUT2D eigenvalue weighted by molar-refractivity contribution is 0.122. The molecule has 1 saturated heterocycles. The SMILES string of the molecule is COc1cc2ncc(-c3nc(N)c(C#N)cc3F)n2nc1N1CCOCC1. The lowest BCUT2D eigenvalue weighted by atomic mass is 10.2. The van der Waals surface area contributed by atoms with E-state index in [1.54, 1.807) is 13.2 Å². The summed E-state index contributed by atoms with van der Waals surface area (Å²) in [7, 11) is 1.56. The Balaban J connectivity index is 1.88. The molecule has 9 nitrogen and oxygen atoms in total. The van der Waals surface area contributed by atoms with Crippen molar-refractivity contribution in [2.45, 2.75) is 0 Å². The molecule has 1 fully saturated rings. The largest absolute Gasteiger partial charge is 0.493 e. The van der Waals surface area contributed by atoms with Crippen molar-refractivity contribution in [3.8, 4) is 23.2 Å². The summed E-state index contributed by atoms with van der Waals surface area (Å²) in [5.74, 6) is 0.447. The van der Waals surface area contributed by atoms with E-state index in [1.165, 1.54) is 10.7 Å². The van der Waals surface area contributed by atoms with Crippen LogP contribution in [0.25, 0.3) is 17.0 Å².